The van der Waals surface area contributed by atoms with Crippen molar-refractivity contribution in [3.8, 4) is 0 Å². The topological polar surface area (TPSA) is 83.6 Å². The fourth-order valence-electron chi connectivity index (χ4n) is 2.42. The van der Waals surface area contributed by atoms with Gasteiger partial charge in [0.25, 0.3) is 0 Å². The van der Waals surface area contributed by atoms with Crippen LogP contribution >= 0.6 is 0 Å². The molecule has 6 heteroatoms. The van der Waals surface area contributed by atoms with Crippen LogP contribution in [-0.4, -0.2) is 37.0 Å². The summed E-state index contributed by atoms with van der Waals surface area (Å²) in [6, 6.07) is 3.58. The summed E-state index contributed by atoms with van der Waals surface area (Å²) in [5.41, 5.74) is 7.64. The lowest BCUT2D eigenvalue weighted by Gasteiger charge is -2.30. The number of piperidine rings is 1. The highest BCUT2D eigenvalue weighted by atomic mass is 32.2. The molecule has 0 aliphatic carbocycles. The van der Waals surface area contributed by atoms with E-state index < -0.39 is 16.1 Å². The smallest absolute Gasteiger partial charge is 0.245 e. The average molecular weight is 284 g/mol. The summed E-state index contributed by atoms with van der Waals surface area (Å²) in [6.45, 7) is 4.11. The molecule has 0 radical (unpaired) electrons. The van der Waals surface area contributed by atoms with Crippen LogP contribution in [0.1, 0.15) is 24.0 Å². The summed E-state index contributed by atoms with van der Waals surface area (Å²) < 4.78 is 26.7. The molecule has 106 valence electrons. The van der Waals surface area contributed by atoms with Crippen molar-refractivity contribution in [3.63, 3.8) is 0 Å². The van der Waals surface area contributed by atoms with E-state index in [9.17, 15) is 13.5 Å². The molecular formula is C13H20N2O3S. The van der Waals surface area contributed by atoms with Crippen LogP contribution in [0.25, 0.3) is 0 Å². The summed E-state index contributed by atoms with van der Waals surface area (Å²) >= 11 is 0. The van der Waals surface area contributed by atoms with Crippen molar-refractivity contribution in [2.75, 3.05) is 18.8 Å². The lowest BCUT2D eigenvalue weighted by Crippen LogP contribution is -2.42. The molecule has 1 fully saturated rings. The third-order valence-corrected chi connectivity index (χ3v) is 5.64. The van der Waals surface area contributed by atoms with Gasteiger partial charge in [-0.25, -0.2) is 8.42 Å². The third kappa shape index (κ3) is 2.61. The highest BCUT2D eigenvalue weighted by Crippen LogP contribution is 2.30. The highest BCUT2D eigenvalue weighted by Gasteiger charge is 2.32. The van der Waals surface area contributed by atoms with Crippen molar-refractivity contribution >= 4 is 15.7 Å². The van der Waals surface area contributed by atoms with Crippen molar-refractivity contribution in [1.29, 1.82) is 0 Å². The Morgan fingerprint density at radius 2 is 1.95 bits per heavy atom. The summed E-state index contributed by atoms with van der Waals surface area (Å²) in [5, 5.41) is 9.65. The fraction of sp³-hybridized carbons (Fsp3) is 0.538. The van der Waals surface area contributed by atoms with Crippen molar-refractivity contribution < 1.29 is 13.5 Å². The van der Waals surface area contributed by atoms with E-state index >= 15 is 0 Å². The van der Waals surface area contributed by atoms with Gasteiger partial charge in [0, 0.05) is 13.1 Å². The fourth-order valence-corrected chi connectivity index (χ4v) is 4.33. The number of nitrogens with two attached hydrogens (primary N) is 1. The monoisotopic (exact) mass is 284 g/mol. The van der Waals surface area contributed by atoms with Crippen LogP contribution in [-0.2, 0) is 10.0 Å². The van der Waals surface area contributed by atoms with Gasteiger partial charge in [-0.05, 0) is 37.8 Å². The molecule has 0 spiro atoms. The van der Waals surface area contributed by atoms with E-state index in [0.717, 1.165) is 5.56 Å². The predicted molar refractivity (Wildman–Crippen MR) is 74.3 cm³/mol. The second-order valence-corrected chi connectivity index (χ2v) is 6.98. The zero-order valence-electron chi connectivity index (χ0n) is 11.3. The highest BCUT2D eigenvalue weighted by molar-refractivity contribution is 7.89. The van der Waals surface area contributed by atoms with E-state index in [0.29, 0.717) is 30.6 Å². The molecule has 1 aromatic carbocycles. The van der Waals surface area contributed by atoms with Crippen LogP contribution in [0.3, 0.4) is 0 Å². The summed E-state index contributed by atoms with van der Waals surface area (Å²) in [6.07, 6.45) is 0.731. The van der Waals surface area contributed by atoms with Gasteiger partial charge in [-0.1, -0.05) is 12.1 Å². The van der Waals surface area contributed by atoms with Gasteiger partial charge in [0.05, 0.1) is 11.8 Å². The minimum atomic E-state index is -3.63. The van der Waals surface area contributed by atoms with E-state index in [2.05, 4.69) is 0 Å². The number of aliphatic hydroxyl groups is 1. The Labute approximate surface area is 114 Å². The first-order valence-corrected chi connectivity index (χ1v) is 7.82. The molecule has 1 heterocycles. The molecule has 1 aromatic rings. The molecule has 1 saturated heterocycles. The van der Waals surface area contributed by atoms with Crippen LogP contribution in [0, 0.1) is 13.8 Å². The van der Waals surface area contributed by atoms with Gasteiger partial charge in [0.1, 0.15) is 4.90 Å². The second kappa shape index (κ2) is 5.11. The Morgan fingerprint density at radius 3 is 2.58 bits per heavy atom. The third-order valence-electron chi connectivity index (χ3n) is 3.57. The number of β-amino-alcohol motifs (C(OH)–C–C–N with tert-alkyl or cyclic N) is 1. The molecule has 0 unspecified atom stereocenters. The second-order valence-electron chi connectivity index (χ2n) is 5.10. The van der Waals surface area contributed by atoms with Gasteiger partial charge < -0.3 is 10.8 Å². The Morgan fingerprint density at radius 1 is 1.32 bits per heavy atom. The van der Waals surface area contributed by atoms with Crippen molar-refractivity contribution in [2.45, 2.75) is 37.7 Å². The SMILES string of the molecule is Cc1ccc(C)c(S(=O)(=O)N2CCC[C@H](O)C2)c1N. The molecular weight excluding hydrogens is 264 g/mol. The van der Waals surface area contributed by atoms with Crippen LogP contribution < -0.4 is 5.73 Å². The Balaban J connectivity index is 2.48. The van der Waals surface area contributed by atoms with Crippen molar-refractivity contribution in [3.05, 3.63) is 23.3 Å². The maximum absolute atomic E-state index is 12.7. The molecule has 1 aliphatic rings. The van der Waals surface area contributed by atoms with E-state index in [4.69, 9.17) is 5.73 Å². The van der Waals surface area contributed by atoms with Crippen LogP contribution in [0.15, 0.2) is 17.0 Å². The maximum atomic E-state index is 12.7. The standard InChI is InChI=1S/C13H20N2O3S/c1-9-5-6-10(2)13(12(9)14)19(17,18)15-7-3-4-11(16)8-15/h5-6,11,16H,3-4,7-8,14H2,1-2H3/t11-/m0/s1. The Hall–Kier alpha value is -1.11. The number of anilines is 1. The van der Waals surface area contributed by atoms with Crippen LogP contribution in [0.2, 0.25) is 0 Å². The number of rotatable bonds is 2. The molecule has 2 rings (SSSR count). The van der Waals surface area contributed by atoms with Gasteiger partial charge in [-0.2, -0.15) is 4.31 Å². The van der Waals surface area contributed by atoms with E-state index in [1.54, 1.807) is 19.9 Å². The minimum absolute atomic E-state index is 0.148. The number of aliphatic hydroxyl groups excluding tert-OH is 1. The first-order valence-electron chi connectivity index (χ1n) is 6.38. The van der Waals surface area contributed by atoms with Gasteiger partial charge >= 0.3 is 0 Å². The number of nitrogens with zero attached hydrogens (tertiary/aromatic N) is 1. The van der Waals surface area contributed by atoms with Crippen molar-refractivity contribution in [2.24, 2.45) is 0 Å². The molecule has 0 aromatic heterocycles. The van der Waals surface area contributed by atoms with E-state index in [1.165, 1.54) is 4.31 Å². The predicted octanol–water partition coefficient (Wildman–Crippen LogP) is 1.03. The molecule has 0 bridgehead atoms. The molecule has 19 heavy (non-hydrogen) atoms. The maximum Gasteiger partial charge on any atom is 0.245 e. The molecule has 1 aliphatic heterocycles. The Kier molecular flexibility index (Phi) is 3.85. The average Bonchev–Trinajstić information content (AvgIpc) is 2.34. The zero-order valence-corrected chi connectivity index (χ0v) is 12.1. The number of aryl methyl sites for hydroxylation is 2. The first kappa shape index (κ1) is 14.3. The van der Waals surface area contributed by atoms with Crippen molar-refractivity contribution in [1.82, 2.24) is 4.31 Å². The normalized spacial score (nSPS) is 21.5. The number of hydrogen-bond donors (Lipinski definition) is 2. The lowest BCUT2D eigenvalue weighted by molar-refractivity contribution is 0.108. The first-order chi connectivity index (χ1) is 8.84. The van der Waals surface area contributed by atoms with Gasteiger partial charge in [0.15, 0.2) is 0 Å². The summed E-state index contributed by atoms with van der Waals surface area (Å²) in [7, 11) is -3.63. The Bertz CT molecular complexity index is 584. The van der Waals surface area contributed by atoms with Crippen LogP contribution in [0.4, 0.5) is 5.69 Å². The summed E-state index contributed by atoms with van der Waals surface area (Å²) in [4.78, 5) is 0.182. The van der Waals surface area contributed by atoms with E-state index in [-0.39, 0.29) is 11.4 Å². The lowest BCUT2D eigenvalue weighted by atomic mass is 10.1. The minimum Gasteiger partial charge on any atom is -0.397 e. The van der Waals surface area contributed by atoms with Gasteiger partial charge in [-0.3, -0.25) is 0 Å². The van der Waals surface area contributed by atoms with Crippen LogP contribution in [0.5, 0.6) is 0 Å². The zero-order chi connectivity index (χ0) is 14.2. The van der Waals surface area contributed by atoms with Gasteiger partial charge in [0.2, 0.25) is 10.0 Å². The molecule has 1 atom stereocenters. The summed E-state index contributed by atoms with van der Waals surface area (Å²) in [5.74, 6) is 0. The molecule has 3 N–H and O–H groups in total. The number of sulfonamides is 1. The molecule has 0 amide bonds. The quantitative estimate of drug-likeness (QED) is 0.795. The van der Waals surface area contributed by atoms with E-state index in [1.807, 2.05) is 6.07 Å². The molecule has 0 saturated carbocycles. The number of benzene rings is 1. The molecule has 5 nitrogen and oxygen atoms in total. The van der Waals surface area contributed by atoms with Gasteiger partial charge in [-0.15, -0.1) is 0 Å². The number of hydrogen-bond acceptors (Lipinski definition) is 4. The largest absolute Gasteiger partial charge is 0.397 e. The number of nitrogen functional groups attached to an aromatic ring is 1.